The summed E-state index contributed by atoms with van der Waals surface area (Å²) in [5.74, 6) is 1.39. The zero-order valence-electron chi connectivity index (χ0n) is 21.2. The molecule has 0 unspecified atom stereocenters. The third-order valence-electron chi connectivity index (χ3n) is 7.81. The molecule has 0 aliphatic carbocycles. The van der Waals surface area contributed by atoms with Gasteiger partial charge in [-0.05, 0) is 74.8 Å². The first-order valence-corrected chi connectivity index (χ1v) is 13.3. The van der Waals surface area contributed by atoms with E-state index in [4.69, 9.17) is 9.15 Å². The molecular weight excluding hydrogens is 452 g/mol. The van der Waals surface area contributed by atoms with Gasteiger partial charge in [0.1, 0.15) is 11.3 Å². The fraction of sp³-hybridized carbons (Fsp3) is 0.467. The van der Waals surface area contributed by atoms with E-state index in [1.165, 1.54) is 5.56 Å². The molecule has 0 atom stereocenters. The van der Waals surface area contributed by atoms with Crippen molar-refractivity contribution < 1.29 is 18.7 Å². The van der Waals surface area contributed by atoms with Crippen LogP contribution in [0.5, 0.6) is 5.75 Å². The van der Waals surface area contributed by atoms with Crippen LogP contribution in [-0.4, -0.2) is 43.0 Å². The lowest BCUT2D eigenvalue weighted by Gasteiger charge is -2.40. The number of amides is 2. The molecule has 1 N–H and O–H groups in total. The van der Waals surface area contributed by atoms with Crippen molar-refractivity contribution in [3.8, 4) is 5.75 Å². The minimum absolute atomic E-state index is 0.0872. The highest BCUT2D eigenvalue weighted by molar-refractivity contribution is 5.96. The summed E-state index contributed by atoms with van der Waals surface area (Å²) in [6, 6.07) is 16.1. The molecule has 190 valence electrons. The van der Waals surface area contributed by atoms with Gasteiger partial charge in [-0.25, -0.2) is 0 Å². The molecule has 0 radical (unpaired) electrons. The topological polar surface area (TPSA) is 71.8 Å². The molecule has 3 aromatic rings. The zero-order valence-corrected chi connectivity index (χ0v) is 21.2. The number of carbonyl (C=O) groups is 2. The number of rotatable bonds is 1. The van der Waals surface area contributed by atoms with Crippen LogP contribution >= 0.6 is 0 Å². The minimum atomic E-state index is -0.412. The van der Waals surface area contributed by atoms with Gasteiger partial charge in [0.15, 0.2) is 5.76 Å². The van der Waals surface area contributed by atoms with Crippen LogP contribution in [0.3, 0.4) is 0 Å². The third-order valence-corrected chi connectivity index (χ3v) is 7.81. The number of ether oxygens (including phenoxy) is 1. The second-order valence-corrected chi connectivity index (χ2v) is 10.4. The Morgan fingerprint density at radius 3 is 2.67 bits per heavy atom. The number of hydrogen-bond acceptors (Lipinski definition) is 4. The Morgan fingerprint density at radius 1 is 0.972 bits per heavy atom. The average Bonchev–Trinajstić information content (AvgIpc) is 3.31. The molecule has 0 bridgehead atoms. The predicted molar refractivity (Wildman–Crippen MR) is 140 cm³/mol. The van der Waals surface area contributed by atoms with Crippen LogP contribution < -0.4 is 10.1 Å². The van der Waals surface area contributed by atoms with Gasteiger partial charge in [0, 0.05) is 25.0 Å². The van der Waals surface area contributed by atoms with E-state index in [0.29, 0.717) is 44.8 Å². The molecule has 1 spiro atoms. The Balaban J connectivity index is 1.23. The van der Waals surface area contributed by atoms with Crippen molar-refractivity contribution in [1.82, 2.24) is 10.2 Å². The minimum Gasteiger partial charge on any atom is -0.493 e. The number of nitrogens with one attached hydrogen (secondary N) is 1. The van der Waals surface area contributed by atoms with E-state index in [0.717, 1.165) is 60.8 Å². The first-order valence-electron chi connectivity index (χ1n) is 13.3. The highest BCUT2D eigenvalue weighted by atomic mass is 16.5. The fourth-order valence-corrected chi connectivity index (χ4v) is 5.58. The summed E-state index contributed by atoms with van der Waals surface area (Å²) in [6.07, 6.45) is 7.16. The van der Waals surface area contributed by atoms with Crippen molar-refractivity contribution in [3.63, 3.8) is 0 Å². The van der Waals surface area contributed by atoms with Gasteiger partial charge in [-0.3, -0.25) is 9.59 Å². The third kappa shape index (κ3) is 5.28. The Bertz CT molecular complexity index is 1220. The highest BCUT2D eigenvalue weighted by Gasteiger charge is 2.42. The lowest BCUT2D eigenvalue weighted by Crippen LogP contribution is -2.50. The van der Waals surface area contributed by atoms with E-state index in [9.17, 15) is 9.59 Å². The highest BCUT2D eigenvalue weighted by Crippen LogP contribution is 2.38. The molecule has 2 amide bonds. The molecule has 2 aromatic carbocycles. The van der Waals surface area contributed by atoms with Crippen LogP contribution in [0.25, 0.3) is 11.0 Å². The number of aryl methyl sites for hydroxylation is 2. The fourth-order valence-electron chi connectivity index (χ4n) is 5.58. The number of carbonyl (C=O) groups excluding carboxylic acids is 2. The summed E-state index contributed by atoms with van der Waals surface area (Å²) in [7, 11) is 0. The first kappa shape index (κ1) is 24.4. The number of benzene rings is 2. The van der Waals surface area contributed by atoms with Gasteiger partial charge in [-0.15, -0.1) is 0 Å². The molecule has 6 nitrogen and oxygen atoms in total. The van der Waals surface area contributed by atoms with Crippen molar-refractivity contribution in [2.75, 3.05) is 26.2 Å². The van der Waals surface area contributed by atoms with Gasteiger partial charge in [0.25, 0.3) is 5.91 Å². The summed E-state index contributed by atoms with van der Waals surface area (Å²) in [5, 5.41) is 4.12. The summed E-state index contributed by atoms with van der Waals surface area (Å²) >= 11 is 0. The molecule has 1 fully saturated rings. The van der Waals surface area contributed by atoms with Crippen molar-refractivity contribution >= 4 is 22.8 Å². The number of hydrogen-bond donors (Lipinski definition) is 1. The van der Waals surface area contributed by atoms with Gasteiger partial charge in [-0.1, -0.05) is 43.2 Å². The maximum Gasteiger partial charge on any atom is 0.289 e. The Hall–Kier alpha value is -3.28. The van der Waals surface area contributed by atoms with E-state index >= 15 is 0 Å². The van der Waals surface area contributed by atoms with Crippen LogP contribution in [0.4, 0.5) is 0 Å². The largest absolute Gasteiger partial charge is 0.493 e. The van der Waals surface area contributed by atoms with Crippen molar-refractivity contribution in [2.45, 2.75) is 58.3 Å². The van der Waals surface area contributed by atoms with Gasteiger partial charge >= 0.3 is 0 Å². The van der Waals surface area contributed by atoms with Crippen LogP contribution in [0.1, 0.15) is 66.6 Å². The van der Waals surface area contributed by atoms with E-state index in [2.05, 4.69) is 17.4 Å². The summed E-state index contributed by atoms with van der Waals surface area (Å²) < 4.78 is 11.9. The molecule has 1 saturated heterocycles. The lowest BCUT2D eigenvalue weighted by atomic mass is 9.73. The maximum atomic E-state index is 13.4. The number of piperidine rings is 1. The van der Waals surface area contributed by atoms with E-state index in [-0.39, 0.29) is 11.8 Å². The van der Waals surface area contributed by atoms with Gasteiger partial charge in [0.05, 0.1) is 12.0 Å². The Labute approximate surface area is 213 Å². The molecule has 0 saturated carbocycles. The molecule has 1 aromatic heterocycles. The maximum absolute atomic E-state index is 13.4. The second-order valence-electron chi connectivity index (χ2n) is 10.4. The normalized spacial score (nSPS) is 19.2. The lowest BCUT2D eigenvalue weighted by molar-refractivity contribution is -0.134. The molecule has 6 heteroatoms. The molecule has 2 aliphatic rings. The second kappa shape index (κ2) is 10.8. The van der Waals surface area contributed by atoms with Crippen LogP contribution in [0.2, 0.25) is 0 Å². The van der Waals surface area contributed by atoms with Crippen molar-refractivity contribution in [1.29, 1.82) is 0 Å². The SMILES string of the molecule is Cc1ccc2cc(C(=O)N3CCC4(CCCCCc5ccccc5OCCCNC4=O)CC3)oc2c1. The van der Waals surface area contributed by atoms with E-state index in [1.807, 2.05) is 48.2 Å². The van der Waals surface area contributed by atoms with Gasteiger partial charge in [0.2, 0.25) is 5.91 Å². The van der Waals surface area contributed by atoms with Gasteiger partial charge in [-0.2, -0.15) is 0 Å². The number of nitrogens with zero attached hydrogens (tertiary/aromatic N) is 1. The van der Waals surface area contributed by atoms with Crippen molar-refractivity contribution in [3.05, 3.63) is 65.4 Å². The smallest absolute Gasteiger partial charge is 0.289 e. The van der Waals surface area contributed by atoms with Gasteiger partial charge < -0.3 is 19.4 Å². The quantitative estimate of drug-likeness (QED) is 0.479. The number of furan rings is 1. The Kier molecular flexibility index (Phi) is 7.30. The van der Waals surface area contributed by atoms with Crippen LogP contribution in [0.15, 0.2) is 52.9 Å². The zero-order chi connectivity index (χ0) is 25.0. The Morgan fingerprint density at radius 2 is 1.81 bits per heavy atom. The summed E-state index contributed by atoms with van der Waals surface area (Å²) in [6.45, 7) is 4.34. The van der Waals surface area contributed by atoms with E-state index in [1.54, 1.807) is 0 Å². The number of para-hydroxylation sites is 1. The first-order chi connectivity index (χ1) is 17.5. The molecule has 5 rings (SSSR count). The summed E-state index contributed by atoms with van der Waals surface area (Å²) in [5.41, 5.74) is 2.70. The average molecular weight is 489 g/mol. The molecule has 36 heavy (non-hydrogen) atoms. The van der Waals surface area contributed by atoms with Crippen molar-refractivity contribution in [2.24, 2.45) is 5.41 Å². The monoisotopic (exact) mass is 488 g/mol. The molecule has 3 heterocycles. The summed E-state index contributed by atoms with van der Waals surface area (Å²) in [4.78, 5) is 28.4. The standard InChI is InChI=1S/C30H36N2O4/c1-22-11-12-24-21-27(36-26(24)20-22)28(33)32-17-14-30(15-18-32)13-6-2-3-8-23-9-4-5-10-25(23)35-19-7-16-31-29(30)34/h4-5,9-12,20-21H,2-3,6-8,13-19H2,1H3,(H,31,34). The van der Waals surface area contributed by atoms with Crippen LogP contribution in [-0.2, 0) is 11.2 Å². The predicted octanol–water partition coefficient (Wildman–Crippen LogP) is 5.67. The molecule has 2 aliphatic heterocycles. The van der Waals surface area contributed by atoms with Crippen LogP contribution in [0, 0.1) is 12.3 Å². The van der Waals surface area contributed by atoms with E-state index < -0.39 is 5.41 Å². The molecular formula is C30H36N2O4. The number of fused-ring (bicyclic) bond motifs is 2. The number of likely N-dealkylation sites (tertiary alicyclic amines) is 1.